The van der Waals surface area contributed by atoms with Crippen LogP contribution in [0.15, 0.2) is 95.7 Å². The number of para-hydroxylation sites is 1. The maximum Gasteiger partial charge on any atom is 0 e. The molecule has 43 heavy (non-hydrogen) atoms. The molecule has 0 spiro atoms. The van der Waals surface area contributed by atoms with Crippen LogP contribution in [0.1, 0.15) is 31.2 Å². The average molecular weight is 808 g/mol. The van der Waals surface area contributed by atoms with Gasteiger partial charge in [-0.1, -0.05) is 61.1 Å². The first-order chi connectivity index (χ1) is 20.4. The van der Waals surface area contributed by atoms with Crippen LogP contribution in [0.4, 0.5) is 4.39 Å². The van der Waals surface area contributed by atoms with Crippen molar-refractivity contribution in [3.8, 4) is 22.5 Å². The SMILES string of the molecule is Fc1c(-c2cc(CC3CCCC3)ccn2)[c-]cc2oc3ccccc3c12.[CH3][Ge]([CH3])([CH3])[c]1ccc(-c2[c-]cccc2)nc1.[Ir]. The largest absolute Gasteiger partial charge is 0 e. The molecule has 3 aromatic carbocycles. The van der Waals surface area contributed by atoms with Gasteiger partial charge in [-0.15, -0.1) is 12.1 Å². The Labute approximate surface area is 269 Å². The van der Waals surface area contributed by atoms with E-state index in [1.807, 2.05) is 66.9 Å². The van der Waals surface area contributed by atoms with Crippen molar-refractivity contribution < 1.29 is 28.9 Å². The van der Waals surface area contributed by atoms with Gasteiger partial charge in [-0.05, 0) is 35.6 Å². The Bertz CT molecular complexity index is 1810. The van der Waals surface area contributed by atoms with Crippen LogP contribution in [0.25, 0.3) is 44.5 Å². The Hall–Kier alpha value is -3.12. The molecule has 0 N–H and O–H groups in total. The number of halogens is 1. The van der Waals surface area contributed by atoms with E-state index in [0.29, 0.717) is 27.8 Å². The molecular weight excluding hydrogens is 772 g/mol. The van der Waals surface area contributed by atoms with Crippen LogP contribution >= 0.6 is 0 Å². The van der Waals surface area contributed by atoms with Crippen molar-refractivity contribution in [2.24, 2.45) is 5.92 Å². The van der Waals surface area contributed by atoms with E-state index in [2.05, 4.69) is 51.5 Å². The van der Waals surface area contributed by atoms with E-state index < -0.39 is 13.3 Å². The monoisotopic (exact) mass is 809 g/mol. The van der Waals surface area contributed by atoms with E-state index >= 15 is 4.39 Å². The van der Waals surface area contributed by atoms with Crippen molar-refractivity contribution in [3.05, 3.63) is 115 Å². The van der Waals surface area contributed by atoms with Gasteiger partial charge >= 0.3 is 99.8 Å². The zero-order chi connectivity index (χ0) is 29.1. The molecule has 3 nitrogen and oxygen atoms in total. The summed E-state index contributed by atoms with van der Waals surface area (Å²) < 4.78 is 22.5. The smallest absolute Gasteiger partial charge is 0 e. The molecule has 0 bridgehead atoms. The minimum atomic E-state index is -1.72. The van der Waals surface area contributed by atoms with Gasteiger partial charge in [0.1, 0.15) is 5.58 Å². The standard InChI is InChI=1S/C23H19FNO.C14H16GeN.Ir/c24-23-17(9-10-21-22(23)18-7-3-4-8-20(18)26-21)19-14-16(11-12-25-19)13-15-5-1-2-6-15;1-15(2,3)13-9-10-14(16-11-13)12-7-5-4-6-8-12;/h3-4,7-8,10-12,14-15H,1-2,5-6,13H2;4-7,9-11H,1-3H3;/q2*-1;. The van der Waals surface area contributed by atoms with Crippen molar-refractivity contribution in [1.29, 1.82) is 0 Å². The third kappa shape index (κ3) is 7.17. The molecule has 1 radical (unpaired) electrons. The van der Waals surface area contributed by atoms with Gasteiger partial charge < -0.3 is 9.40 Å². The third-order valence-corrected chi connectivity index (χ3v) is 12.4. The minimum Gasteiger partial charge on any atom is 0 e. The molecule has 0 saturated heterocycles. The molecule has 7 rings (SSSR count). The van der Waals surface area contributed by atoms with Crippen molar-refractivity contribution in [3.63, 3.8) is 0 Å². The molecule has 0 atom stereocenters. The van der Waals surface area contributed by atoms with Gasteiger partial charge in [0.2, 0.25) is 0 Å². The van der Waals surface area contributed by atoms with Crippen molar-refractivity contribution in [2.45, 2.75) is 49.4 Å². The van der Waals surface area contributed by atoms with Gasteiger partial charge in [-0.25, -0.2) is 0 Å². The van der Waals surface area contributed by atoms with E-state index in [4.69, 9.17) is 4.42 Å². The molecule has 221 valence electrons. The summed E-state index contributed by atoms with van der Waals surface area (Å²) in [6, 6.07) is 31.8. The summed E-state index contributed by atoms with van der Waals surface area (Å²) in [5.41, 5.74) is 5.57. The predicted molar refractivity (Wildman–Crippen MR) is 173 cm³/mol. The molecular formula is C37H35FGeIrN2O-2. The third-order valence-electron chi connectivity index (χ3n) is 8.10. The first kappa shape index (κ1) is 31.3. The van der Waals surface area contributed by atoms with Crippen LogP contribution in [0.3, 0.4) is 0 Å². The average Bonchev–Trinajstić information content (AvgIpc) is 3.66. The fourth-order valence-electron chi connectivity index (χ4n) is 5.74. The van der Waals surface area contributed by atoms with Crippen LogP contribution < -0.4 is 4.40 Å². The summed E-state index contributed by atoms with van der Waals surface area (Å²) in [6.07, 6.45) is 10.1. The molecule has 1 aliphatic carbocycles. The first-order valence-corrected chi connectivity index (χ1v) is 22.1. The van der Waals surface area contributed by atoms with Crippen molar-refractivity contribution >= 4 is 39.6 Å². The quantitative estimate of drug-likeness (QED) is 0.129. The number of furan rings is 1. The predicted octanol–water partition coefficient (Wildman–Crippen LogP) is 9.41. The zero-order valence-electron chi connectivity index (χ0n) is 24.8. The molecule has 6 heteroatoms. The molecule has 3 aromatic heterocycles. The molecule has 1 fully saturated rings. The molecule has 6 aromatic rings. The maximum absolute atomic E-state index is 15.3. The van der Waals surface area contributed by atoms with Gasteiger partial charge in [-0.2, -0.15) is 0 Å². The zero-order valence-corrected chi connectivity index (χ0v) is 29.3. The normalized spacial score (nSPS) is 13.5. The van der Waals surface area contributed by atoms with E-state index in [1.54, 1.807) is 12.3 Å². The summed E-state index contributed by atoms with van der Waals surface area (Å²) in [5, 5.41) is 1.30. The van der Waals surface area contributed by atoms with Crippen LogP contribution in [-0.4, -0.2) is 23.2 Å². The fraction of sp³-hybridized carbons (Fsp3) is 0.243. The summed E-state index contributed by atoms with van der Waals surface area (Å²) in [6.45, 7) is 0. The number of aromatic nitrogens is 2. The van der Waals surface area contributed by atoms with E-state index in [-0.39, 0.29) is 25.9 Å². The second-order valence-corrected chi connectivity index (χ2v) is 22.8. The summed E-state index contributed by atoms with van der Waals surface area (Å²) >= 11 is -1.72. The molecule has 1 aliphatic rings. The Kier molecular flexibility index (Phi) is 9.96. The van der Waals surface area contributed by atoms with Crippen LogP contribution in [-0.2, 0) is 26.5 Å². The number of hydrogen-bond acceptors (Lipinski definition) is 3. The molecule has 0 aliphatic heterocycles. The van der Waals surface area contributed by atoms with Crippen LogP contribution in [0.2, 0.25) is 17.3 Å². The van der Waals surface area contributed by atoms with E-state index in [9.17, 15) is 0 Å². The number of hydrogen-bond donors (Lipinski definition) is 0. The number of fused-ring (bicyclic) bond motifs is 3. The summed E-state index contributed by atoms with van der Waals surface area (Å²) in [5.74, 6) is 7.58. The molecule has 1 saturated carbocycles. The Morgan fingerprint density at radius 1 is 0.884 bits per heavy atom. The van der Waals surface area contributed by atoms with Gasteiger partial charge in [0.05, 0.1) is 5.58 Å². The van der Waals surface area contributed by atoms with Gasteiger partial charge in [0, 0.05) is 37.5 Å². The van der Waals surface area contributed by atoms with Crippen molar-refractivity contribution in [2.75, 3.05) is 0 Å². The van der Waals surface area contributed by atoms with Gasteiger partial charge in [-0.3, -0.25) is 4.39 Å². The Morgan fingerprint density at radius 3 is 2.40 bits per heavy atom. The number of nitrogens with zero attached hydrogens (tertiary/aromatic N) is 2. The van der Waals surface area contributed by atoms with Crippen LogP contribution in [0, 0.1) is 23.9 Å². The Morgan fingerprint density at radius 2 is 1.67 bits per heavy atom. The topological polar surface area (TPSA) is 38.9 Å². The Balaban J connectivity index is 0.000000188. The van der Waals surface area contributed by atoms with Crippen LogP contribution in [0.5, 0.6) is 0 Å². The van der Waals surface area contributed by atoms with Gasteiger partial charge in [0.25, 0.3) is 0 Å². The maximum atomic E-state index is 15.3. The second-order valence-electron chi connectivity index (χ2n) is 12.2. The number of rotatable bonds is 5. The molecule has 0 unspecified atom stereocenters. The number of benzene rings is 3. The van der Waals surface area contributed by atoms with Gasteiger partial charge in [0.15, 0.2) is 0 Å². The molecule has 0 amide bonds. The minimum absolute atomic E-state index is 0. The van der Waals surface area contributed by atoms with Crippen molar-refractivity contribution in [1.82, 2.24) is 9.97 Å². The fourth-order valence-corrected chi connectivity index (χ4v) is 7.91. The van der Waals surface area contributed by atoms with E-state index in [1.165, 1.54) is 35.6 Å². The summed E-state index contributed by atoms with van der Waals surface area (Å²) in [4.78, 5) is 8.95. The molecule has 3 heterocycles. The van der Waals surface area contributed by atoms with E-state index in [0.717, 1.165) is 29.0 Å². The number of pyridine rings is 2. The second kappa shape index (κ2) is 13.7. The summed E-state index contributed by atoms with van der Waals surface area (Å²) in [7, 11) is 0. The first-order valence-electron chi connectivity index (χ1n) is 14.8.